The van der Waals surface area contributed by atoms with Crippen molar-refractivity contribution in [3.63, 3.8) is 0 Å². The lowest BCUT2D eigenvalue weighted by Crippen LogP contribution is -2.37. The van der Waals surface area contributed by atoms with Crippen molar-refractivity contribution in [2.24, 2.45) is 0 Å². The van der Waals surface area contributed by atoms with Gasteiger partial charge in [0.05, 0.1) is 18.1 Å². The lowest BCUT2D eigenvalue weighted by molar-refractivity contribution is -0.151. The van der Waals surface area contributed by atoms with E-state index in [1.165, 1.54) is 0 Å². The molecule has 1 heterocycles. The van der Waals surface area contributed by atoms with E-state index in [0.717, 1.165) is 19.3 Å². The summed E-state index contributed by atoms with van der Waals surface area (Å²) >= 11 is 0. The topological polar surface area (TPSA) is 72.5 Å². The van der Waals surface area contributed by atoms with E-state index < -0.39 is 9.84 Å². The van der Waals surface area contributed by atoms with Crippen molar-refractivity contribution >= 4 is 15.8 Å². The summed E-state index contributed by atoms with van der Waals surface area (Å²) in [6.07, 6.45) is 3.75. The summed E-state index contributed by atoms with van der Waals surface area (Å²) in [5.74, 6) is 0.0977. The van der Waals surface area contributed by atoms with E-state index in [0.29, 0.717) is 6.42 Å². The molecule has 1 saturated carbocycles. The maximum Gasteiger partial charge on any atom is 0.320 e. The van der Waals surface area contributed by atoms with Crippen LogP contribution < -0.4 is 5.32 Å². The van der Waals surface area contributed by atoms with Crippen LogP contribution in [0.2, 0.25) is 0 Å². The number of hydrogen-bond donors (Lipinski definition) is 1. The molecule has 1 N–H and O–H groups in total. The normalized spacial score (nSPS) is 28.6. The van der Waals surface area contributed by atoms with Crippen LogP contribution in [0.15, 0.2) is 0 Å². The Labute approximate surface area is 95.5 Å². The molecule has 0 aromatic rings. The van der Waals surface area contributed by atoms with Crippen LogP contribution in [0, 0.1) is 0 Å². The van der Waals surface area contributed by atoms with Crippen molar-refractivity contribution in [1.29, 1.82) is 0 Å². The molecule has 5 nitrogen and oxygen atoms in total. The third kappa shape index (κ3) is 3.18. The molecule has 0 aromatic carbocycles. The van der Waals surface area contributed by atoms with Crippen LogP contribution in [0.5, 0.6) is 0 Å². The van der Waals surface area contributed by atoms with Crippen LogP contribution in [-0.2, 0) is 19.4 Å². The van der Waals surface area contributed by atoms with Crippen LogP contribution in [0.25, 0.3) is 0 Å². The molecule has 1 atom stereocenters. The van der Waals surface area contributed by atoms with Crippen LogP contribution in [-0.4, -0.2) is 44.6 Å². The van der Waals surface area contributed by atoms with E-state index in [2.05, 4.69) is 5.32 Å². The van der Waals surface area contributed by atoms with Gasteiger partial charge in [-0.3, -0.25) is 4.79 Å². The highest BCUT2D eigenvalue weighted by molar-refractivity contribution is 7.91. The molecule has 2 fully saturated rings. The number of ether oxygens (including phenoxy) is 1. The summed E-state index contributed by atoms with van der Waals surface area (Å²) in [6.45, 7) is 0.122. The Kier molecular flexibility index (Phi) is 3.49. The molecule has 16 heavy (non-hydrogen) atoms. The molecule has 1 aliphatic carbocycles. The Morgan fingerprint density at radius 2 is 2.06 bits per heavy atom. The van der Waals surface area contributed by atoms with Crippen molar-refractivity contribution in [3.8, 4) is 0 Å². The minimum absolute atomic E-state index is 0.0843. The van der Waals surface area contributed by atoms with Gasteiger partial charge < -0.3 is 10.1 Å². The average Bonchev–Trinajstić information content (AvgIpc) is 2.49. The van der Waals surface area contributed by atoms with Crippen molar-refractivity contribution in [1.82, 2.24) is 5.32 Å². The van der Waals surface area contributed by atoms with Gasteiger partial charge >= 0.3 is 5.97 Å². The third-order valence-electron chi connectivity index (χ3n) is 3.12. The summed E-state index contributed by atoms with van der Waals surface area (Å²) < 4.78 is 27.5. The van der Waals surface area contributed by atoms with E-state index in [9.17, 15) is 13.2 Å². The number of carbonyl (C=O) groups excluding carboxylic acids is 1. The van der Waals surface area contributed by atoms with Crippen molar-refractivity contribution in [2.75, 3.05) is 18.1 Å². The lowest BCUT2D eigenvalue weighted by Gasteiger charge is -2.25. The first-order valence-electron chi connectivity index (χ1n) is 5.68. The first-order chi connectivity index (χ1) is 7.55. The lowest BCUT2D eigenvalue weighted by atomic mass is 9.96. The summed E-state index contributed by atoms with van der Waals surface area (Å²) in [4.78, 5) is 11.3. The summed E-state index contributed by atoms with van der Waals surface area (Å²) in [5, 5.41) is 2.94. The minimum Gasteiger partial charge on any atom is -0.461 e. The zero-order chi connectivity index (χ0) is 11.6. The number of rotatable bonds is 4. The Morgan fingerprint density at radius 1 is 1.31 bits per heavy atom. The van der Waals surface area contributed by atoms with Crippen LogP contribution in [0.4, 0.5) is 0 Å². The van der Waals surface area contributed by atoms with Crippen molar-refractivity contribution < 1.29 is 17.9 Å². The molecule has 2 aliphatic rings. The Bertz CT molecular complexity index is 361. The number of hydrogen-bond acceptors (Lipinski definition) is 5. The second kappa shape index (κ2) is 4.71. The fourth-order valence-electron chi connectivity index (χ4n) is 1.90. The highest BCUT2D eigenvalue weighted by Crippen LogP contribution is 2.21. The highest BCUT2D eigenvalue weighted by atomic mass is 32.2. The van der Waals surface area contributed by atoms with Gasteiger partial charge in [-0.05, 0) is 25.7 Å². The molecule has 0 amide bonds. The second-order valence-corrected chi connectivity index (χ2v) is 6.75. The molecule has 0 bridgehead atoms. The molecule has 2 rings (SSSR count). The van der Waals surface area contributed by atoms with Gasteiger partial charge in [0.1, 0.15) is 6.10 Å². The van der Waals surface area contributed by atoms with Crippen LogP contribution in [0.1, 0.15) is 25.7 Å². The van der Waals surface area contributed by atoms with Gasteiger partial charge in [-0.15, -0.1) is 0 Å². The van der Waals surface area contributed by atoms with Crippen molar-refractivity contribution in [2.45, 2.75) is 37.8 Å². The average molecular weight is 247 g/mol. The largest absolute Gasteiger partial charge is 0.461 e. The fourth-order valence-corrected chi connectivity index (χ4v) is 3.61. The molecule has 0 spiro atoms. The van der Waals surface area contributed by atoms with Gasteiger partial charge in [-0.1, -0.05) is 0 Å². The minimum atomic E-state index is -2.87. The zero-order valence-electron chi connectivity index (χ0n) is 9.15. The molecule has 92 valence electrons. The standard InChI is InChI=1S/C10H17NO4S/c12-10(15-9-2-1-3-9)6-11-8-4-5-16(13,14)7-8/h8-9,11H,1-7H2. The van der Waals surface area contributed by atoms with E-state index in [1.54, 1.807) is 0 Å². The summed E-state index contributed by atoms with van der Waals surface area (Å²) in [6, 6.07) is -0.0843. The SMILES string of the molecule is O=C(CNC1CCS(=O)(=O)C1)OC1CCC1. The van der Waals surface area contributed by atoms with Crippen LogP contribution >= 0.6 is 0 Å². The number of esters is 1. The third-order valence-corrected chi connectivity index (χ3v) is 4.89. The maximum atomic E-state index is 11.3. The molecular weight excluding hydrogens is 230 g/mol. The van der Waals surface area contributed by atoms with Gasteiger partial charge in [0.15, 0.2) is 9.84 Å². The van der Waals surface area contributed by atoms with Gasteiger partial charge in [0.25, 0.3) is 0 Å². The quantitative estimate of drug-likeness (QED) is 0.700. The number of carbonyl (C=O) groups is 1. The molecule has 1 unspecified atom stereocenters. The Morgan fingerprint density at radius 3 is 2.56 bits per heavy atom. The van der Waals surface area contributed by atoms with Gasteiger partial charge in [0.2, 0.25) is 0 Å². The zero-order valence-corrected chi connectivity index (χ0v) is 9.96. The molecular formula is C10H17NO4S. The Balaban J connectivity index is 1.65. The maximum absolute atomic E-state index is 11.3. The van der Waals surface area contributed by atoms with Crippen LogP contribution in [0.3, 0.4) is 0 Å². The predicted molar refractivity (Wildman–Crippen MR) is 58.8 cm³/mol. The molecule has 0 aromatic heterocycles. The van der Waals surface area contributed by atoms with Crippen molar-refractivity contribution in [3.05, 3.63) is 0 Å². The summed E-state index contributed by atoms with van der Waals surface area (Å²) in [5.41, 5.74) is 0. The number of nitrogens with one attached hydrogen (secondary N) is 1. The van der Waals surface area contributed by atoms with E-state index in [1.807, 2.05) is 0 Å². The molecule has 6 heteroatoms. The molecule has 0 radical (unpaired) electrons. The predicted octanol–water partition coefficient (Wildman–Crippen LogP) is -0.141. The Hall–Kier alpha value is -0.620. The highest BCUT2D eigenvalue weighted by Gasteiger charge is 2.28. The van der Waals surface area contributed by atoms with Gasteiger partial charge in [0, 0.05) is 6.04 Å². The van der Waals surface area contributed by atoms with Gasteiger partial charge in [-0.25, -0.2) is 8.42 Å². The molecule has 1 saturated heterocycles. The van der Waals surface area contributed by atoms with E-state index in [4.69, 9.17) is 4.74 Å². The first kappa shape index (κ1) is 11.9. The number of sulfone groups is 1. The molecule has 1 aliphatic heterocycles. The first-order valence-corrected chi connectivity index (χ1v) is 7.50. The van der Waals surface area contributed by atoms with E-state index >= 15 is 0 Å². The second-order valence-electron chi connectivity index (χ2n) is 4.52. The smallest absolute Gasteiger partial charge is 0.320 e. The summed E-state index contributed by atoms with van der Waals surface area (Å²) in [7, 11) is -2.87. The van der Waals surface area contributed by atoms with Gasteiger partial charge in [-0.2, -0.15) is 0 Å². The van der Waals surface area contributed by atoms with E-state index in [-0.39, 0.29) is 36.2 Å². The monoisotopic (exact) mass is 247 g/mol. The fraction of sp³-hybridized carbons (Fsp3) is 0.900.